The molecule has 0 spiro atoms. The summed E-state index contributed by atoms with van der Waals surface area (Å²) in [6.07, 6.45) is 4.46. The van der Waals surface area contributed by atoms with Crippen molar-refractivity contribution in [2.45, 2.75) is 24.9 Å². The number of pyridine rings is 1. The molecule has 1 N–H and O–H groups in total. The molecule has 0 radical (unpaired) electrons. The maximum Gasteiger partial charge on any atom is 0.243 e. The van der Waals surface area contributed by atoms with Crippen LogP contribution in [0.4, 0.5) is 0 Å². The first-order chi connectivity index (χ1) is 9.01. The lowest BCUT2D eigenvalue weighted by Gasteiger charge is -2.04. The minimum absolute atomic E-state index is 0.169. The lowest BCUT2D eigenvalue weighted by atomic mass is 10.3. The van der Waals surface area contributed by atoms with Crippen molar-refractivity contribution < 1.29 is 8.42 Å². The van der Waals surface area contributed by atoms with Crippen molar-refractivity contribution in [1.29, 1.82) is 0 Å². The Bertz CT molecular complexity index is 669. The van der Waals surface area contributed by atoms with E-state index in [4.69, 9.17) is 0 Å². The largest absolute Gasteiger partial charge is 0.272 e. The Morgan fingerprint density at radius 3 is 2.89 bits per heavy atom. The van der Waals surface area contributed by atoms with Gasteiger partial charge in [-0.3, -0.25) is 4.68 Å². The fraction of sp³-hybridized carbons (Fsp3) is 0.273. The lowest BCUT2D eigenvalue weighted by molar-refractivity contribution is 0.580. The summed E-state index contributed by atoms with van der Waals surface area (Å²) in [4.78, 5) is 4.15. The summed E-state index contributed by atoms with van der Waals surface area (Å²) in [7, 11) is -3.53. The minimum Gasteiger partial charge on any atom is -0.272 e. The zero-order valence-corrected chi connectivity index (χ0v) is 12.6. The Balaban J connectivity index is 2.09. The number of hydrogen-bond acceptors (Lipinski definition) is 4. The van der Waals surface area contributed by atoms with Crippen LogP contribution in [0.1, 0.15) is 12.5 Å². The number of nitrogens with zero attached hydrogens (tertiary/aromatic N) is 3. The molecule has 0 saturated heterocycles. The molecule has 0 atom stereocenters. The highest BCUT2D eigenvalue weighted by atomic mass is 79.9. The van der Waals surface area contributed by atoms with Gasteiger partial charge in [0.15, 0.2) is 0 Å². The van der Waals surface area contributed by atoms with E-state index in [1.807, 2.05) is 6.92 Å². The Morgan fingerprint density at radius 1 is 1.47 bits per heavy atom. The van der Waals surface area contributed by atoms with Gasteiger partial charge in [-0.2, -0.15) is 5.10 Å². The van der Waals surface area contributed by atoms with E-state index in [9.17, 15) is 8.42 Å². The van der Waals surface area contributed by atoms with Crippen LogP contribution in [0.15, 0.2) is 40.2 Å². The molecule has 0 aliphatic heterocycles. The van der Waals surface area contributed by atoms with Crippen molar-refractivity contribution in [1.82, 2.24) is 19.5 Å². The van der Waals surface area contributed by atoms with E-state index in [1.54, 1.807) is 23.0 Å². The maximum absolute atomic E-state index is 12.0. The third kappa shape index (κ3) is 3.62. The third-order valence-electron chi connectivity index (χ3n) is 2.50. The fourth-order valence-corrected chi connectivity index (χ4v) is 2.85. The minimum atomic E-state index is -3.53. The molecule has 0 bridgehead atoms. The van der Waals surface area contributed by atoms with E-state index >= 15 is 0 Å². The van der Waals surface area contributed by atoms with Crippen LogP contribution in [0.5, 0.6) is 0 Å². The molecular formula is C11H13BrN4O2S. The number of aromatic nitrogens is 3. The number of sulfonamides is 1. The SMILES string of the molecule is CCn1cc(S(=O)(=O)NCc2ccnc(Br)c2)cn1. The van der Waals surface area contributed by atoms with Gasteiger partial charge in [0.05, 0.1) is 6.20 Å². The second kappa shape index (κ2) is 5.81. The number of hydrogen-bond donors (Lipinski definition) is 1. The molecule has 0 aromatic carbocycles. The summed E-state index contributed by atoms with van der Waals surface area (Å²) >= 11 is 3.24. The smallest absolute Gasteiger partial charge is 0.243 e. The van der Waals surface area contributed by atoms with Crippen molar-refractivity contribution in [3.05, 3.63) is 40.9 Å². The van der Waals surface area contributed by atoms with Crippen LogP contribution >= 0.6 is 15.9 Å². The Labute approximate surface area is 120 Å². The van der Waals surface area contributed by atoms with Gasteiger partial charge in [0, 0.05) is 25.5 Å². The predicted molar refractivity (Wildman–Crippen MR) is 73.9 cm³/mol. The zero-order chi connectivity index (χ0) is 13.9. The summed E-state index contributed by atoms with van der Waals surface area (Å²) < 4.78 is 28.8. The summed E-state index contributed by atoms with van der Waals surface area (Å²) in [5.41, 5.74) is 0.827. The van der Waals surface area contributed by atoms with E-state index in [0.29, 0.717) is 11.1 Å². The van der Waals surface area contributed by atoms with Crippen LogP contribution in [0.2, 0.25) is 0 Å². The van der Waals surface area contributed by atoms with Crippen molar-refractivity contribution in [2.75, 3.05) is 0 Å². The molecule has 2 aromatic rings. The molecule has 19 heavy (non-hydrogen) atoms. The van der Waals surface area contributed by atoms with Crippen LogP contribution in [-0.2, 0) is 23.1 Å². The van der Waals surface area contributed by atoms with Gasteiger partial charge in [-0.05, 0) is 40.5 Å². The molecule has 0 aliphatic carbocycles. The van der Waals surface area contributed by atoms with Gasteiger partial charge in [0.2, 0.25) is 10.0 Å². The predicted octanol–water partition coefficient (Wildman–Crippen LogP) is 1.54. The van der Waals surface area contributed by atoms with Crippen molar-refractivity contribution >= 4 is 26.0 Å². The highest BCUT2D eigenvalue weighted by molar-refractivity contribution is 9.10. The molecule has 0 unspecified atom stereocenters. The number of nitrogens with one attached hydrogen (secondary N) is 1. The highest BCUT2D eigenvalue weighted by Crippen LogP contribution is 2.10. The molecule has 6 nitrogen and oxygen atoms in total. The molecular weight excluding hydrogens is 332 g/mol. The highest BCUT2D eigenvalue weighted by Gasteiger charge is 2.15. The first-order valence-corrected chi connectivity index (χ1v) is 7.91. The average Bonchev–Trinajstić information content (AvgIpc) is 2.86. The van der Waals surface area contributed by atoms with Crippen LogP contribution in [0.3, 0.4) is 0 Å². The standard InChI is InChI=1S/C11H13BrN4O2S/c1-2-16-8-10(7-14-16)19(17,18)15-6-9-3-4-13-11(12)5-9/h3-5,7-8,15H,2,6H2,1H3. The van der Waals surface area contributed by atoms with Gasteiger partial charge >= 0.3 is 0 Å². The van der Waals surface area contributed by atoms with Gasteiger partial charge in [-0.25, -0.2) is 18.1 Å². The summed E-state index contributed by atoms with van der Waals surface area (Å²) in [5.74, 6) is 0. The van der Waals surface area contributed by atoms with E-state index in [-0.39, 0.29) is 11.4 Å². The molecule has 0 aliphatic rings. The topological polar surface area (TPSA) is 76.9 Å². The molecule has 2 heterocycles. The molecule has 2 rings (SSSR count). The molecule has 2 aromatic heterocycles. The number of halogens is 1. The van der Waals surface area contributed by atoms with Gasteiger partial charge < -0.3 is 0 Å². The Hall–Kier alpha value is -1.25. The fourth-order valence-electron chi connectivity index (χ4n) is 1.47. The summed E-state index contributed by atoms with van der Waals surface area (Å²) in [5, 5.41) is 3.95. The molecule has 0 amide bonds. The summed E-state index contributed by atoms with van der Waals surface area (Å²) in [6.45, 7) is 2.74. The summed E-state index contributed by atoms with van der Waals surface area (Å²) in [6, 6.07) is 3.51. The maximum atomic E-state index is 12.0. The van der Waals surface area contributed by atoms with Crippen LogP contribution in [0, 0.1) is 0 Å². The quantitative estimate of drug-likeness (QED) is 0.834. The second-order valence-electron chi connectivity index (χ2n) is 3.84. The van der Waals surface area contributed by atoms with E-state index in [1.165, 1.54) is 12.4 Å². The Morgan fingerprint density at radius 2 is 2.26 bits per heavy atom. The average molecular weight is 345 g/mol. The lowest BCUT2D eigenvalue weighted by Crippen LogP contribution is -2.22. The Kier molecular flexibility index (Phi) is 4.33. The van der Waals surface area contributed by atoms with Crippen LogP contribution < -0.4 is 4.72 Å². The first-order valence-electron chi connectivity index (χ1n) is 5.64. The van der Waals surface area contributed by atoms with Gasteiger partial charge in [0.25, 0.3) is 0 Å². The normalized spacial score (nSPS) is 11.7. The van der Waals surface area contributed by atoms with Crippen LogP contribution in [0.25, 0.3) is 0 Å². The van der Waals surface area contributed by atoms with Crippen molar-refractivity contribution in [3.63, 3.8) is 0 Å². The number of rotatable bonds is 5. The molecule has 8 heteroatoms. The van der Waals surface area contributed by atoms with E-state index in [2.05, 4.69) is 30.7 Å². The molecule has 0 saturated carbocycles. The third-order valence-corrected chi connectivity index (χ3v) is 4.29. The second-order valence-corrected chi connectivity index (χ2v) is 6.42. The van der Waals surface area contributed by atoms with Crippen LogP contribution in [-0.4, -0.2) is 23.2 Å². The molecule has 0 fully saturated rings. The van der Waals surface area contributed by atoms with E-state index < -0.39 is 10.0 Å². The number of aryl methyl sites for hydroxylation is 1. The van der Waals surface area contributed by atoms with Gasteiger partial charge in [-0.1, -0.05) is 0 Å². The van der Waals surface area contributed by atoms with Crippen molar-refractivity contribution in [3.8, 4) is 0 Å². The van der Waals surface area contributed by atoms with Gasteiger partial charge in [-0.15, -0.1) is 0 Å². The first kappa shape index (κ1) is 14.2. The van der Waals surface area contributed by atoms with E-state index in [0.717, 1.165) is 5.56 Å². The molecule has 102 valence electrons. The zero-order valence-electron chi connectivity index (χ0n) is 10.2. The monoisotopic (exact) mass is 344 g/mol. The van der Waals surface area contributed by atoms with Gasteiger partial charge in [0.1, 0.15) is 9.50 Å². The van der Waals surface area contributed by atoms with Crippen molar-refractivity contribution in [2.24, 2.45) is 0 Å².